The summed E-state index contributed by atoms with van der Waals surface area (Å²) in [6, 6.07) is 14.9. The summed E-state index contributed by atoms with van der Waals surface area (Å²) in [7, 11) is 0. The first-order valence-electron chi connectivity index (χ1n) is 5.24. The van der Waals surface area contributed by atoms with Gasteiger partial charge < -0.3 is 0 Å². The molecule has 1 aromatic heterocycles. The van der Waals surface area contributed by atoms with Crippen LogP contribution in [0.4, 0.5) is 0 Å². The number of hydrogen-bond donors (Lipinski definition) is 0. The highest BCUT2D eigenvalue weighted by molar-refractivity contribution is 7.16. The second kappa shape index (κ2) is 3.72. The van der Waals surface area contributed by atoms with Crippen LogP contribution >= 0.6 is 11.3 Å². The highest BCUT2D eigenvalue weighted by Gasteiger charge is 2.03. The van der Waals surface area contributed by atoms with Crippen molar-refractivity contribution in [2.24, 2.45) is 0 Å². The van der Waals surface area contributed by atoms with E-state index in [1.165, 1.54) is 21.4 Å². The molecule has 0 radical (unpaired) electrons. The molecule has 1 heterocycles. The smallest absolute Gasteiger partial charge is 0.0818 e. The van der Waals surface area contributed by atoms with Crippen LogP contribution in [0.1, 0.15) is 5.56 Å². The van der Waals surface area contributed by atoms with E-state index in [9.17, 15) is 0 Å². The van der Waals surface area contributed by atoms with Crippen LogP contribution in [0.15, 0.2) is 48.0 Å². The first-order chi connectivity index (χ1) is 7.84. The van der Waals surface area contributed by atoms with Crippen molar-refractivity contribution in [3.8, 4) is 11.1 Å². The molecular formula is C14H11NS. The van der Waals surface area contributed by atoms with E-state index in [0.717, 1.165) is 5.52 Å². The molecule has 78 valence electrons. The zero-order valence-electron chi connectivity index (χ0n) is 8.97. The molecule has 3 rings (SSSR count). The van der Waals surface area contributed by atoms with Crippen molar-refractivity contribution in [2.75, 3.05) is 0 Å². The van der Waals surface area contributed by atoms with Crippen LogP contribution in [0.25, 0.3) is 21.3 Å². The molecule has 0 amide bonds. The van der Waals surface area contributed by atoms with Crippen molar-refractivity contribution in [1.82, 2.24) is 4.98 Å². The Morgan fingerprint density at radius 2 is 1.94 bits per heavy atom. The quantitative estimate of drug-likeness (QED) is 0.602. The summed E-state index contributed by atoms with van der Waals surface area (Å²) >= 11 is 1.68. The monoisotopic (exact) mass is 225 g/mol. The summed E-state index contributed by atoms with van der Waals surface area (Å²) < 4.78 is 1.25. The van der Waals surface area contributed by atoms with Gasteiger partial charge in [-0.3, -0.25) is 0 Å². The van der Waals surface area contributed by atoms with Gasteiger partial charge in [0.2, 0.25) is 0 Å². The van der Waals surface area contributed by atoms with Crippen molar-refractivity contribution in [2.45, 2.75) is 6.92 Å². The minimum absolute atomic E-state index is 1.09. The molecule has 0 fully saturated rings. The van der Waals surface area contributed by atoms with E-state index in [1.807, 2.05) is 5.51 Å². The van der Waals surface area contributed by atoms with Gasteiger partial charge in [0.15, 0.2) is 0 Å². The third kappa shape index (κ3) is 1.51. The number of benzene rings is 2. The molecule has 16 heavy (non-hydrogen) atoms. The molecule has 1 nitrogen and oxygen atoms in total. The lowest BCUT2D eigenvalue weighted by Gasteiger charge is -2.05. The Morgan fingerprint density at radius 3 is 2.81 bits per heavy atom. The number of fused-ring (bicyclic) bond motifs is 1. The van der Waals surface area contributed by atoms with Crippen LogP contribution in [-0.4, -0.2) is 4.98 Å². The number of nitrogens with zero attached hydrogens (tertiary/aromatic N) is 1. The van der Waals surface area contributed by atoms with Gasteiger partial charge in [0.25, 0.3) is 0 Å². The molecule has 0 aliphatic rings. The van der Waals surface area contributed by atoms with Gasteiger partial charge in [-0.05, 0) is 35.7 Å². The number of hydrogen-bond acceptors (Lipinski definition) is 2. The van der Waals surface area contributed by atoms with Gasteiger partial charge in [-0.15, -0.1) is 11.3 Å². The molecule has 0 N–H and O–H groups in total. The van der Waals surface area contributed by atoms with Gasteiger partial charge in [0, 0.05) is 0 Å². The second-order valence-electron chi connectivity index (χ2n) is 3.85. The predicted molar refractivity (Wildman–Crippen MR) is 69.8 cm³/mol. The van der Waals surface area contributed by atoms with Crippen LogP contribution in [0.5, 0.6) is 0 Å². The number of aromatic nitrogens is 1. The number of aryl methyl sites for hydroxylation is 1. The molecule has 3 aromatic rings. The van der Waals surface area contributed by atoms with Crippen LogP contribution in [0.2, 0.25) is 0 Å². The maximum atomic E-state index is 4.35. The topological polar surface area (TPSA) is 12.9 Å². The normalized spacial score (nSPS) is 10.8. The van der Waals surface area contributed by atoms with E-state index in [1.54, 1.807) is 11.3 Å². The molecule has 0 saturated carbocycles. The summed E-state index contributed by atoms with van der Waals surface area (Å²) in [6.07, 6.45) is 0. The molecule has 0 unspecified atom stereocenters. The maximum Gasteiger partial charge on any atom is 0.0818 e. The fourth-order valence-corrected chi connectivity index (χ4v) is 2.58. The first-order valence-corrected chi connectivity index (χ1v) is 6.12. The van der Waals surface area contributed by atoms with Gasteiger partial charge in [-0.25, -0.2) is 4.98 Å². The van der Waals surface area contributed by atoms with E-state index < -0.39 is 0 Å². The highest BCUT2D eigenvalue weighted by Crippen LogP contribution is 2.27. The summed E-state index contributed by atoms with van der Waals surface area (Å²) in [5, 5.41) is 0. The summed E-state index contributed by atoms with van der Waals surface area (Å²) in [6.45, 7) is 2.14. The summed E-state index contributed by atoms with van der Waals surface area (Å²) in [5.41, 5.74) is 6.82. The van der Waals surface area contributed by atoms with Crippen molar-refractivity contribution in [3.05, 3.63) is 53.5 Å². The minimum atomic E-state index is 1.09. The third-order valence-electron chi connectivity index (χ3n) is 2.79. The van der Waals surface area contributed by atoms with Crippen LogP contribution in [-0.2, 0) is 0 Å². The fraction of sp³-hybridized carbons (Fsp3) is 0.0714. The predicted octanol–water partition coefficient (Wildman–Crippen LogP) is 4.27. The number of rotatable bonds is 1. The molecule has 0 aliphatic carbocycles. The van der Waals surface area contributed by atoms with Crippen LogP contribution in [0, 0.1) is 6.92 Å². The lowest BCUT2D eigenvalue weighted by Crippen LogP contribution is -1.82. The van der Waals surface area contributed by atoms with Crippen LogP contribution in [0.3, 0.4) is 0 Å². The van der Waals surface area contributed by atoms with E-state index in [-0.39, 0.29) is 0 Å². The van der Waals surface area contributed by atoms with E-state index in [2.05, 4.69) is 54.4 Å². The largest absolute Gasteiger partial charge is 0.245 e. The standard InChI is InChI=1S/C14H11NS/c1-10-4-2-3-5-12(10)11-6-7-14-13(8-11)15-9-16-14/h2-9H,1H3. The van der Waals surface area contributed by atoms with Crippen LogP contribution < -0.4 is 0 Å². The van der Waals surface area contributed by atoms with Gasteiger partial charge in [0.05, 0.1) is 15.7 Å². The summed E-state index contributed by atoms with van der Waals surface area (Å²) in [5.74, 6) is 0. The Balaban J connectivity index is 2.22. The van der Waals surface area contributed by atoms with Gasteiger partial charge >= 0.3 is 0 Å². The van der Waals surface area contributed by atoms with Crippen molar-refractivity contribution in [1.29, 1.82) is 0 Å². The van der Waals surface area contributed by atoms with Gasteiger partial charge in [0.1, 0.15) is 0 Å². The van der Waals surface area contributed by atoms with E-state index >= 15 is 0 Å². The van der Waals surface area contributed by atoms with Gasteiger partial charge in [-0.2, -0.15) is 0 Å². The molecule has 0 spiro atoms. The number of thiazole rings is 1. The zero-order chi connectivity index (χ0) is 11.0. The second-order valence-corrected chi connectivity index (χ2v) is 4.74. The molecule has 0 bridgehead atoms. The lowest BCUT2D eigenvalue weighted by molar-refractivity contribution is 1.45. The average Bonchev–Trinajstić information content (AvgIpc) is 2.76. The molecule has 2 aromatic carbocycles. The highest BCUT2D eigenvalue weighted by atomic mass is 32.1. The van der Waals surface area contributed by atoms with Crippen molar-refractivity contribution < 1.29 is 0 Å². The van der Waals surface area contributed by atoms with Gasteiger partial charge in [-0.1, -0.05) is 30.3 Å². The summed E-state index contributed by atoms with van der Waals surface area (Å²) in [4.78, 5) is 4.35. The van der Waals surface area contributed by atoms with Crippen molar-refractivity contribution >= 4 is 21.6 Å². The Hall–Kier alpha value is -1.67. The lowest BCUT2D eigenvalue weighted by atomic mass is 10.0. The Kier molecular flexibility index (Phi) is 2.22. The van der Waals surface area contributed by atoms with Crippen molar-refractivity contribution in [3.63, 3.8) is 0 Å². The minimum Gasteiger partial charge on any atom is -0.245 e. The Morgan fingerprint density at radius 1 is 1.06 bits per heavy atom. The molecule has 0 aliphatic heterocycles. The molecule has 0 saturated heterocycles. The molecular weight excluding hydrogens is 214 g/mol. The molecule has 2 heteroatoms. The Labute approximate surface area is 98.4 Å². The SMILES string of the molecule is Cc1ccccc1-c1ccc2scnc2c1. The zero-order valence-corrected chi connectivity index (χ0v) is 9.79. The first kappa shape index (κ1) is 9.55. The Bertz CT molecular complexity index is 640. The average molecular weight is 225 g/mol. The van der Waals surface area contributed by atoms with E-state index in [0.29, 0.717) is 0 Å². The third-order valence-corrected chi connectivity index (χ3v) is 3.60. The fourth-order valence-electron chi connectivity index (χ4n) is 1.92. The maximum absolute atomic E-state index is 4.35. The molecule has 0 atom stereocenters. The van der Waals surface area contributed by atoms with E-state index in [4.69, 9.17) is 0 Å².